The molecular weight excluding hydrogens is 292 g/mol. The second-order valence-corrected chi connectivity index (χ2v) is 3.86. The Bertz CT molecular complexity index is 564. The first kappa shape index (κ1) is 24.2. The van der Waals surface area contributed by atoms with E-state index in [4.69, 9.17) is 0 Å². The quantitative estimate of drug-likeness (QED) is 0.493. The lowest BCUT2D eigenvalue weighted by Crippen LogP contribution is -1.86. The predicted octanol–water partition coefficient (Wildman–Crippen LogP) is 7.03. The average molecular weight is 329 g/mol. The molecule has 0 unspecified atom stereocenters. The van der Waals surface area contributed by atoms with Crippen LogP contribution in [-0.2, 0) is 6.42 Å². The molecule has 0 aliphatic heterocycles. The minimum Gasteiger partial charge on any atom is -0.307 e. The van der Waals surface area contributed by atoms with Gasteiger partial charge < -0.3 is 4.40 Å². The van der Waals surface area contributed by atoms with Crippen molar-refractivity contribution < 1.29 is 0 Å². The molecule has 0 amide bonds. The maximum absolute atomic E-state index is 4.57. The van der Waals surface area contributed by atoms with Crippen molar-refractivity contribution in [1.82, 2.24) is 9.38 Å². The van der Waals surface area contributed by atoms with Crippen molar-refractivity contribution in [2.24, 2.45) is 0 Å². The summed E-state index contributed by atoms with van der Waals surface area (Å²) < 4.78 is 2.05. The highest BCUT2D eigenvalue weighted by Gasteiger charge is 2.01. The summed E-state index contributed by atoms with van der Waals surface area (Å²) in [7, 11) is 0. The Balaban J connectivity index is 0. The molecule has 1 aromatic carbocycles. The van der Waals surface area contributed by atoms with Gasteiger partial charge in [0.25, 0.3) is 0 Å². The minimum absolute atomic E-state index is 0.891. The summed E-state index contributed by atoms with van der Waals surface area (Å²) in [5.74, 6) is 0. The van der Waals surface area contributed by atoms with E-state index < -0.39 is 0 Å². The number of hydrogen-bond acceptors (Lipinski definition) is 1. The third kappa shape index (κ3) is 8.52. The maximum Gasteiger partial charge on any atom is 0.136 e. The van der Waals surface area contributed by atoms with Gasteiger partial charge in [-0.1, -0.05) is 91.8 Å². The smallest absolute Gasteiger partial charge is 0.136 e. The molecule has 2 nitrogen and oxygen atoms in total. The molecule has 2 heteroatoms. The predicted molar refractivity (Wildman–Crippen MR) is 110 cm³/mol. The van der Waals surface area contributed by atoms with Gasteiger partial charge >= 0.3 is 0 Å². The number of rotatable bonds is 2. The van der Waals surface area contributed by atoms with Gasteiger partial charge in [0.2, 0.25) is 0 Å². The van der Waals surface area contributed by atoms with Crippen molar-refractivity contribution in [2.45, 2.75) is 61.8 Å². The van der Waals surface area contributed by atoms with Crippen molar-refractivity contribution in [3.63, 3.8) is 0 Å². The van der Waals surface area contributed by atoms with E-state index in [9.17, 15) is 0 Å². The first-order valence-electron chi connectivity index (χ1n) is 9.38. The standard InChI is InChI=1S/C14H12N2.4C2H6/c1-2-6-12(7-3-1)10-13-11-16-9-5-4-8-14(16)15-13;4*1-2/h1-9,11H,10H2;4*1-2H3. The van der Waals surface area contributed by atoms with Crippen molar-refractivity contribution in [2.75, 3.05) is 0 Å². The molecule has 0 aliphatic carbocycles. The Kier molecular flexibility index (Phi) is 17.4. The van der Waals surface area contributed by atoms with Gasteiger partial charge in [0.05, 0.1) is 5.69 Å². The summed E-state index contributed by atoms with van der Waals surface area (Å²) in [4.78, 5) is 4.57. The molecule has 0 saturated heterocycles. The molecule has 2 heterocycles. The highest BCUT2D eigenvalue weighted by molar-refractivity contribution is 5.40. The molecule has 24 heavy (non-hydrogen) atoms. The highest BCUT2D eigenvalue weighted by Crippen LogP contribution is 2.10. The summed E-state index contributed by atoms with van der Waals surface area (Å²) in [5.41, 5.74) is 3.41. The van der Waals surface area contributed by atoms with Gasteiger partial charge in [0, 0.05) is 18.8 Å². The van der Waals surface area contributed by atoms with Crippen molar-refractivity contribution >= 4 is 5.65 Å². The van der Waals surface area contributed by atoms with Gasteiger partial charge in [-0.25, -0.2) is 4.98 Å². The van der Waals surface area contributed by atoms with Crippen LogP contribution < -0.4 is 0 Å². The maximum atomic E-state index is 4.57. The Hall–Kier alpha value is -2.09. The lowest BCUT2D eigenvalue weighted by molar-refractivity contribution is 1.11. The molecule has 0 bridgehead atoms. The summed E-state index contributed by atoms with van der Waals surface area (Å²) in [6, 6.07) is 16.5. The number of aromatic nitrogens is 2. The summed E-state index contributed by atoms with van der Waals surface area (Å²) in [6.45, 7) is 16.0. The zero-order valence-corrected chi connectivity index (χ0v) is 16.9. The lowest BCUT2D eigenvalue weighted by Gasteiger charge is -1.95. The number of hydrogen-bond donors (Lipinski definition) is 0. The molecule has 0 spiro atoms. The van der Waals surface area contributed by atoms with E-state index in [1.807, 2.05) is 85.9 Å². The van der Waals surface area contributed by atoms with Crippen LogP contribution in [0.4, 0.5) is 0 Å². The van der Waals surface area contributed by atoms with Crippen LogP contribution in [0.15, 0.2) is 60.9 Å². The van der Waals surface area contributed by atoms with Crippen molar-refractivity contribution in [3.8, 4) is 0 Å². The van der Waals surface area contributed by atoms with Crippen LogP contribution in [0.25, 0.3) is 5.65 Å². The summed E-state index contributed by atoms with van der Waals surface area (Å²) >= 11 is 0. The van der Waals surface area contributed by atoms with Crippen LogP contribution in [0.2, 0.25) is 0 Å². The zero-order chi connectivity index (χ0) is 18.8. The number of fused-ring (bicyclic) bond motifs is 1. The van der Waals surface area contributed by atoms with E-state index >= 15 is 0 Å². The van der Waals surface area contributed by atoms with E-state index in [1.165, 1.54) is 5.56 Å². The number of benzene rings is 1. The molecular formula is C22H36N2. The van der Waals surface area contributed by atoms with Crippen molar-refractivity contribution in [3.05, 3.63) is 72.2 Å². The molecule has 3 aromatic rings. The van der Waals surface area contributed by atoms with Crippen LogP contribution in [0, 0.1) is 0 Å². The van der Waals surface area contributed by atoms with Crippen LogP contribution in [0.1, 0.15) is 66.6 Å². The van der Waals surface area contributed by atoms with E-state index in [-0.39, 0.29) is 0 Å². The van der Waals surface area contributed by atoms with Crippen LogP contribution >= 0.6 is 0 Å². The Labute approximate surface area is 149 Å². The monoisotopic (exact) mass is 328 g/mol. The number of imidazole rings is 1. The van der Waals surface area contributed by atoms with Gasteiger partial charge in [0.15, 0.2) is 0 Å². The van der Waals surface area contributed by atoms with Crippen LogP contribution in [-0.4, -0.2) is 9.38 Å². The largest absolute Gasteiger partial charge is 0.307 e. The Morgan fingerprint density at radius 1 is 0.708 bits per heavy atom. The van der Waals surface area contributed by atoms with Gasteiger partial charge in [-0.15, -0.1) is 0 Å². The first-order chi connectivity index (χ1) is 11.9. The molecule has 2 aromatic heterocycles. The van der Waals surface area contributed by atoms with E-state index in [0.29, 0.717) is 0 Å². The van der Waals surface area contributed by atoms with Gasteiger partial charge in [-0.05, 0) is 17.7 Å². The highest BCUT2D eigenvalue weighted by atomic mass is 15.0. The van der Waals surface area contributed by atoms with Crippen LogP contribution in [0.5, 0.6) is 0 Å². The average Bonchev–Trinajstić information content (AvgIpc) is 3.11. The number of pyridine rings is 1. The SMILES string of the molecule is CC.CC.CC.CC.c1ccc(Cc2cn3ccccc3n2)cc1. The fourth-order valence-electron chi connectivity index (χ4n) is 1.88. The molecule has 0 atom stereocenters. The van der Waals surface area contributed by atoms with E-state index in [0.717, 1.165) is 17.8 Å². The van der Waals surface area contributed by atoms with Gasteiger partial charge in [-0.3, -0.25) is 0 Å². The fourth-order valence-corrected chi connectivity index (χ4v) is 1.88. The van der Waals surface area contributed by atoms with Crippen LogP contribution in [0.3, 0.4) is 0 Å². The summed E-state index contributed by atoms with van der Waals surface area (Å²) in [6.07, 6.45) is 5.00. The third-order valence-corrected chi connectivity index (χ3v) is 2.64. The third-order valence-electron chi connectivity index (χ3n) is 2.64. The van der Waals surface area contributed by atoms with Crippen molar-refractivity contribution in [1.29, 1.82) is 0 Å². The fraction of sp³-hybridized carbons (Fsp3) is 0.409. The molecule has 0 aliphatic rings. The number of nitrogens with zero attached hydrogens (tertiary/aromatic N) is 2. The molecule has 0 radical (unpaired) electrons. The van der Waals surface area contributed by atoms with Gasteiger partial charge in [0.1, 0.15) is 5.65 Å². The second kappa shape index (κ2) is 17.3. The topological polar surface area (TPSA) is 17.3 Å². The van der Waals surface area contributed by atoms with E-state index in [1.54, 1.807) is 0 Å². The minimum atomic E-state index is 0.891. The normalized spacial score (nSPS) is 8.17. The molecule has 0 N–H and O–H groups in total. The van der Waals surface area contributed by atoms with Gasteiger partial charge in [-0.2, -0.15) is 0 Å². The zero-order valence-electron chi connectivity index (χ0n) is 16.9. The molecule has 0 saturated carbocycles. The Morgan fingerprint density at radius 2 is 1.25 bits per heavy atom. The molecule has 3 rings (SSSR count). The first-order valence-corrected chi connectivity index (χ1v) is 9.38. The second-order valence-electron chi connectivity index (χ2n) is 3.86. The summed E-state index contributed by atoms with van der Waals surface area (Å²) in [5, 5.41) is 0. The van der Waals surface area contributed by atoms with E-state index in [2.05, 4.69) is 39.8 Å². The lowest BCUT2D eigenvalue weighted by atomic mass is 10.1. The molecule has 134 valence electrons. The molecule has 0 fully saturated rings. The Morgan fingerprint density at radius 3 is 1.79 bits per heavy atom.